The van der Waals surface area contributed by atoms with Crippen LogP contribution in [0, 0.1) is 5.92 Å². The molecule has 1 heterocycles. The van der Waals surface area contributed by atoms with Gasteiger partial charge < -0.3 is 14.6 Å². The van der Waals surface area contributed by atoms with Crippen LogP contribution in [0.2, 0.25) is 0 Å². The van der Waals surface area contributed by atoms with Crippen LogP contribution in [0.4, 0.5) is 5.69 Å². The molecule has 0 aliphatic rings. The molecule has 1 N–H and O–H groups in total. The smallest absolute Gasteiger partial charge is 0.250 e. The molecule has 2 atom stereocenters. The molecule has 4 nitrogen and oxygen atoms in total. The van der Waals surface area contributed by atoms with Crippen LogP contribution in [-0.2, 0) is 11.3 Å². The van der Waals surface area contributed by atoms with Crippen molar-refractivity contribution in [3.8, 4) is 0 Å². The Morgan fingerprint density at radius 2 is 2.11 bits per heavy atom. The molecule has 18 heavy (non-hydrogen) atoms. The van der Waals surface area contributed by atoms with E-state index >= 15 is 0 Å². The molecule has 0 saturated carbocycles. The lowest BCUT2D eigenvalue weighted by atomic mass is 10.0. The molecule has 4 heteroatoms. The first kappa shape index (κ1) is 14.8. The molecule has 0 amide bonds. The maximum absolute atomic E-state index is 11.6. The maximum Gasteiger partial charge on any atom is 0.250 e. The molecule has 0 aliphatic carbocycles. The minimum atomic E-state index is 0.00814. The predicted octanol–water partition coefficient (Wildman–Crippen LogP) is 2.34. The first-order valence-corrected chi connectivity index (χ1v) is 6.54. The van der Waals surface area contributed by atoms with Gasteiger partial charge in [-0.1, -0.05) is 20.3 Å². The lowest BCUT2D eigenvalue weighted by Gasteiger charge is -2.21. The Morgan fingerprint density at radius 1 is 1.39 bits per heavy atom. The van der Waals surface area contributed by atoms with Crippen molar-refractivity contribution in [3.05, 3.63) is 28.7 Å². The standard InChI is InChI=1S/C14H24N2O2/c1-5-11(2)12(3)15-13-6-7-14(17)16(10-13)8-9-18-4/h6-7,10-12,15H,5,8-9H2,1-4H3. The van der Waals surface area contributed by atoms with E-state index in [4.69, 9.17) is 4.74 Å². The lowest BCUT2D eigenvalue weighted by Crippen LogP contribution is -2.26. The summed E-state index contributed by atoms with van der Waals surface area (Å²) in [4.78, 5) is 11.6. The van der Waals surface area contributed by atoms with Gasteiger partial charge in [-0.15, -0.1) is 0 Å². The van der Waals surface area contributed by atoms with Gasteiger partial charge in [0.2, 0.25) is 0 Å². The number of hydrogen-bond donors (Lipinski definition) is 1. The Morgan fingerprint density at radius 3 is 2.72 bits per heavy atom. The van der Waals surface area contributed by atoms with Gasteiger partial charge in [0, 0.05) is 32.0 Å². The van der Waals surface area contributed by atoms with E-state index in [9.17, 15) is 4.79 Å². The number of aromatic nitrogens is 1. The highest BCUT2D eigenvalue weighted by Gasteiger charge is 2.10. The first-order chi connectivity index (χ1) is 8.58. The number of anilines is 1. The largest absolute Gasteiger partial charge is 0.383 e. The highest BCUT2D eigenvalue weighted by Crippen LogP contribution is 2.13. The molecule has 1 aromatic rings. The second kappa shape index (κ2) is 7.21. The summed E-state index contributed by atoms with van der Waals surface area (Å²) in [6, 6.07) is 3.83. The summed E-state index contributed by atoms with van der Waals surface area (Å²) >= 11 is 0. The average molecular weight is 252 g/mol. The van der Waals surface area contributed by atoms with Crippen LogP contribution in [0.25, 0.3) is 0 Å². The number of ether oxygens (including phenoxy) is 1. The summed E-state index contributed by atoms with van der Waals surface area (Å²) in [7, 11) is 1.64. The van der Waals surface area contributed by atoms with Gasteiger partial charge in [0.05, 0.1) is 12.3 Å². The fourth-order valence-electron chi connectivity index (χ4n) is 1.74. The zero-order valence-electron chi connectivity index (χ0n) is 11.8. The minimum absolute atomic E-state index is 0.00814. The SMILES string of the molecule is CCC(C)C(C)Nc1ccc(=O)n(CCOC)c1. The molecule has 0 radical (unpaired) electrons. The molecule has 0 saturated heterocycles. The van der Waals surface area contributed by atoms with Gasteiger partial charge >= 0.3 is 0 Å². The van der Waals surface area contributed by atoms with Gasteiger partial charge in [0.1, 0.15) is 0 Å². The van der Waals surface area contributed by atoms with Crippen molar-refractivity contribution in [3.63, 3.8) is 0 Å². The quantitative estimate of drug-likeness (QED) is 0.810. The van der Waals surface area contributed by atoms with E-state index in [1.54, 1.807) is 17.7 Å². The summed E-state index contributed by atoms with van der Waals surface area (Å²) in [5, 5.41) is 3.44. The topological polar surface area (TPSA) is 43.3 Å². The normalized spacial score (nSPS) is 14.2. The van der Waals surface area contributed by atoms with Crippen molar-refractivity contribution >= 4 is 5.69 Å². The van der Waals surface area contributed by atoms with Crippen molar-refractivity contribution in [2.75, 3.05) is 19.0 Å². The first-order valence-electron chi connectivity index (χ1n) is 6.54. The Kier molecular flexibility index (Phi) is 5.92. The summed E-state index contributed by atoms with van der Waals surface area (Å²) in [6.45, 7) is 7.70. The molecule has 1 rings (SSSR count). The predicted molar refractivity (Wildman–Crippen MR) is 75.1 cm³/mol. The zero-order chi connectivity index (χ0) is 13.5. The van der Waals surface area contributed by atoms with E-state index < -0.39 is 0 Å². The Labute approximate surface area is 109 Å². The number of methoxy groups -OCH3 is 1. The summed E-state index contributed by atoms with van der Waals surface area (Å²) in [5.41, 5.74) is 0.993. The van der Waals surface area contributed by atoms with E-state index in [0.717, 1.165) is 12.1 Å². The molecule has 0 fully saturated rings. The molecular weight excluding hydrogens is 228 g/mol. The van der Waals surface area contributed by atoms with Gasteiger partial charge in [-0.3, -0.25) is 4.79 Å². The van der Waals surface area contributed by atoms with E-state index in [0.29, 0.717) is 25.1 Å². The second-order valence-corrected chi connectivity index (χ2v) is 4.76. The zero-order valence-corrected chi connectivity index (χ0v) is 11.8. The van der Waals surface area contributed by atoms with Crippen molar-refractivity contribution < 1.29 is 4.74 Å². The summed E-state index contributed by atoms with van der Waals surface area (Å²) in [6.07, 6.45) is 3.00. The molecule has 1 aromatic heterocycles. The third-order valence-corrected chi connectivity index (χ3v) is 3.41. The van der Waals surface area contributed by atoms with Crippen LogP contribution in [-0.4, -0.2) is 24.3 Å². The number of pyridine rings is 1. The van der Waals surface area contributed by atoms with Crippen molar-refractivity contribution in [2.24, 2.45) is 5.92 Å². The maximum atomic E-state index is 11.6. The van der Waals surface area contributed by atoms with E-state index in [1.165, 1.54) is 0 Å². The summed E-state index contributed by atoms with van der Waals surface area (Å²) < 4.78 is 6.67. The van der Waals surface area contributed by atoms with Gasteiger partial charge in [-0.05, 0) is 18.9 Å². The molecule has 0 bridgehead atoms. The average Bonchev–Trinajstić information content (AvgIpc) is 2.38. The molecule has 2 unspecified atom stereocenters. The van der Waals surface area contributed by atoms with E-state index in [1.807, 2.05) is 12.3 Å². The van der Waals surface area contributed by atoms with Crippen molar-refractivity contribution in [1.29, 1.82) is 0 Å². The monoisotopic (exact) mass is 252 g/mol. The van der Waals surface area contributed by atoms with Crippen molar-refractivity contribution in [2.45, 2.75) is 39.8 Å². The third-order valence-electron chi connectivity index (χ3n) is 3.41. The molecule has 0 aliphatic heterocycles. The third kappa shape index (κ3) is 4.18. The van der Waals surface area contributed by atoms with E-state index in [2.05, 4.69) is 26.1 Å². The van der Waals surface area contributed by atoms with E-state index in [-0.39, 0.29) is 5.56 Å². The van der Waals surface area contributed by atoms with Crippen LogP contribution in [0.5, 0.6) is 0 Å². The molecule has 102 valence electrons. The molecule has 0 spiro atoms. The number of rotatable bonds is 7. The number of nitrogens with zero attached hydrogens (tertiary/aromatic N) is 1. The molecule has 0 aromatic carbocycles. The van der Waals surface area contributed by atoms with Crippen LogP contribution in [0.3, 0.4) is 0 Å². The number of hydrogen-bond acceptors (Lipinski definition) is 3. The Bertz CT molecular complexity index is 415. The highest BCUT2D eigenvalue weighted by molar-refractivity contribution is 5.41. The van der Waals surface area contributed by atoms with Gasteiger partial charge in [-0.2, -0.15) is 0 Å². The van der Waals surface area contributed by atoms with Crippen LogP contribution in [0.1, 0.15) is 27.2 Å². The Balaban J connectivity index is 2.75. The summed E-state index contributed by atoms with van der Waals surface area (Å²) in [5.74, 6) is 0.601. The minimum Gasteiger partial charge on any atom is -0.383 e. The van der Waals surface area contributed by atoms with Gasteiger partial charge in [-0.25, -0.2) is 0 Å². The highest BCUT2D eigenvalue weighted by atomic mass is 16.5. The molecular formula is C14H24N2O2. The second-order valence-electron chi connectivity index (χ2n) is 4.76. The Hall–Kier alpha value is -1.29. The number of nitrogens with one attached hydrogen (secondary N) is 1. The fourth-order valence-corrected chi connectivity index (χ4v) is 1.74. The lowest BCUT2D eigenvalue weighted by molar-refractivity contribution is 0.186. The van der Waals surface area contributed by atoms with Gasteiger partial charge in [0.25, 0.3) is 5.56 Å². The van der Waals surface area contributed by atoms with Crippen LogP contribution in [0.15, 0.2) is 23.1 Å². The fraction of sp³-hybridized carbons (Fsp3) is 0.643. The van der Waals surface area contributed by atoms with Crippen molar-refractivity contribution in [1.82, 2.24) is 4.57 Å². The van der Waals surface area contributed by atoms with Crippen LogP contribution < -0.4 is 10.9 Å². The van der Waals surface area contributed by atoms with Crippen LogP contribution >= 0.6 is 0 Å². The van der Waals surface area contributed by atoms with Gasteiger partial charge in [0.15, 0.2) is 0 Å².